The lowest BCUT2D eigenvalue weighted by Gasteiger charge is -2.18. The minimum Gasteiger partial charge on any atom is -0.341 e. The molecule has 0 aliphatic carbocycles. The lowest BCUT2D eigenvalue weighted by Crippen LogP contribution is -2.31. The molecule has 2 atom stereocenters. The maximum Gasteiger partial charge on any atom is 0.416 e. The molecule has 204 valence electrons. The van der Waals surface area contributed by atoms with Gasteiger partial charge in [0.25, 0.3) is 0 Å². The van der Waals surface area contributed by atoms with Crippen LogP contribution in [-0.2, 0) is 37.4 Å². The molecule has 1 aromatic heterocycles. The Labute approximate surface area is 221 Å². The fourth-order valence-electron chi connectivity index (χ4n) is 4.36. The second-order valence-corrected chi connectivity index (χ2v) is 12.6. The number of hydrogen-bond acceptors (Lipinski definition) is 6. The number of H-pyrrole nitrogens is 1. The zero-order chi connectivity index (χ0) is 28.0. The number of carbonyl (C=O) groups excluding carboxylic acids is 1. The van der Waals surface area contributed by atoms with Crippen LogP contribution in [-0.4, -0.2) is 32.7 Å². The highest BCUT2D eigenvalue weighted by Gasteiger charge is 2.38. The molecule has 1 aliphatic heterocycles. The molecule has 2 heterocycles. The predicted molar refractivity (Wildman–Crippen MR) is 135 cm³/mol. The van der Waals surface area contributed by atoms with Crippen molar-refractivity contribution in [3.05, 3.63) is 95.3 Å². The SMILES string of the molecule is O=C1CC(c2ccc(C[C@H](NS(=O)(=O)c3ccc(C(F)(F)F)cc3)c3nc4ccccc4[nH]3)cc2)S(=O)(=O)N1. The van der Waals surface area contributed by atoms with Crippen molar-refractivity contribution in [2.45, 2.75) is 35.2 Å². The topological polar surface area (TPSA) is 138 Å². The van der Waals surface area contributed by atoms with Gasteiger partial charge in [-0.2, -0.15) is 13.2 Å². The number of hydrogen-bond donors (Lipinski definition) is 3. The zero-order valence-corrected chi connectivity index (χ0v) is 21.6. The molecule has 39 heavy (non-hydrogen) atoms. The minimum atomic E-state index is -4.61. The highest BCUT2D eigenvalue weighted by atomic mass is 32.2. The third-order valence-corrected chi connectivity index (χ3v) is 9.51. The van der Waals surface area contributed by atoms with Crippen molar-refractivity contribution in [3.63, 3.8) is 0 Å². The van der Waals surface area contributed by atoms with E-state index in [1.54, 1.807) is 48.5 Å². The second-order valence-electron chi connectivity index (χ2n) is 9.04. The van der Waals surface area contributed by atoms with E-state index in [2.05, 4.69) is 14.7 Å². The zero-order valence-electron chi connectivity index (χ0n) is 19.9. The maximum atomic E-state index is 13.2. The van der Waals surface area contributed by atoms with Gasteiger partial charge >= 0.3 is 6.18 Å². The summed E-state index contributed by atoms with van der Waals surface area (Å²) in [5.41, 5.74) is 1.30. The maximum absolute atomic E-state index is 13.2. The van der Waals surface area contributed by atoms with Gasteiger partial charge in [0.15, 0.2) is 0 Å². The number of nitrogens with one attached hydrogen (secondary N) is 3. The molecule has 0 saturated carbocycles. The largest absolute Gasteiger partial charge is 0.416 e. The fourth-order valence-corrected chi connectivity index (χ4v) is 6.99. The molecule has 0 bridgehead atoms. The molecule has 0 radical (unpaired) electrons. The monoisotopic (exact) mass is 578 g/mol. The van der Waals surface area contributed by atoms with Crippen molar-refractivity contribution in [2.24, 2.45) is 0 Å². The number of aromatic nitrogens is 2. The van der Waals surface area contributed by atoms with E-state index >= 15 is 0 Å². The van der Waals surface area contributed by atoms with E-state index < -0.39 is 49.0 Å². The van der Waals surface area contributed by atoms with Crippen LogP contribution in [0.15, 0.2) is 77.7 Å². The average molecular weight is 579 g/mol. The number of sulfonamides is 2. The molecule has 3 aromatic carbocycles. The first-order valence-electron chi connectivity index (χ1n) is 11.6. The number of carbonyl (C=O) groups is 1. The van der Waals surface area contributed by atoms with Crippen LogP contribution in [0, 0.1) is 0 Å². The molecule has 9 nitrogen and oxygen atoms in total. The number of benzene rings is 3. The number of imidazole rings is 1. The first-order chi connectivity index (χ1) is 18.3. The summed E-state index contributed by atoms with van der Waals surface area (Å²) in [5.74, 6) is -0.310. The molecule has 1 saturated heterocycles. The smallest absolute Gasteiger partial charge is 0.341 e. The molecular formula is C25H21F3N4O5S2. The van der Waals surface area contributed by atoms with Gasteiger partial charge in [0, 0.05) is 0 Å². The number of alkyl halides is 3. The quantitative estimate of drug-likeness (QED) is 0.306. The van der Waals surface area contributed by atoms with Gasteiger partial charge in [-0.05, 0) is 53.9 Å². The van der Waals surface area contributed by atoms with E-state index in [1.165, 1.54) is 0 Å². The molecule has 5 rings (SSSR count). The highest BCUT2D eigenvalue weighted by Crippen LogP contribution is 2.32. The van der Waals surface area contributed by atoms with Gasteiger partial charge in [0.05, 0.1) is 34.0 Å². The highest BCUT2D eigenvalue weighted by molar-refractivity contribution is 7.90. The summed E-state index contributed by atoms with van der Waals surface area (Å²) in [6, 6.07) is 15.6. The summed E-state index contributed by atoms with van der Waals surface area (Å²) >= 11 is 0. The van der Waals surface area contributed by atoms with Crippen LogP contribution in [0.4, 0.5) is 13.2 Å². The van der Waals surface area contributed by atoms with Crippen LogP contribution in [0.2, 0.25) is 0 Å². The third kappa shape index (κ3) is 5.67. The van der Waals surface area contributed by atoms with Crippen LogP contribution in [0.3, 0.4) is 0 Å². The van der Waals surface area contributed by atoms with Crippen LogP contribution >= 0.6 is 0 Å². The number of rotatable bonds is 7. The molecule has 1 aliphatic rings. The van der Waals surface area contributed by atoms with Crippen molar-refractivity contribution in [1.29, 1.82) is 0 Å². The average Bonchev–Trinajstić information content (AvgIpc) is 3.43. The number of halogens is 3. The number of para-hydroxylation sites is 2. The predicted octanol–water partition coefficient (Wildman–Crippen LogP) is 3.73. The summed E-state index contributed by atoms with van der Waals surface area (Å²) in [6.07, 6.45) is -4.73. The Kier molecular flexibility index (Phi) is 6.73. The first kappa shape index (κ1) is 26.8. The van der Waals surface area contributed by atoms with E-state index in [9.17, 15) is 34.8 Å². The van der Waals surface area contributed by atoms with E-state index in [0.29, 0.717) is 34.3 Å². The van der Waals surface area contributed by atoms with Gasteiger partial charge in [0.1, 0.15) is 11.1 Å². The summed E-state index contributed by atoms with van der Waals surface area (Å²) in [5, 5.41) is -1.02. The van der Waals surface area contributed by atoms with Crippen molar-refractivity contribution in [2.75, 3.05) is 0 Å². The van der Waals surface area contributed by atoms with Gasteiger partial charge in [-0.25, -0.2) is 26.5 Å². The van der Waals surface area contributed by atoms with E-state index in [0.717, 1.165) is 12.1 Å². The molecule has 1 fully saturated rings. The summed E-state index contributed by atoms with van der Waals surface area (Å²) in [7, 11) is -8.10. The van der Waals surface area contributed by atoms with Gasteiger partial charge in [-0.15, -0.1) is 0 Å². The summed E-state index contributed by atoms with van der Waals surface area (Å²) in [6.45, 7) is 0. The Bertz CT molecular complexity index is 1720. The molecule has 0 spiro atoms. The summed E-state index contributed by atoms with van der Waals surface area (Å²) < 4.78 is 94.1. The van der Waals surface area contributed by atoms with Gasteiger partial charge < -0.3 is 4.98 Å². The van der Waals surface area contributed by atoms with Crippen molar-refractivity contribution < 1.29 is 34.8 Å². The third-order valence-electron chi connectivity index (χ3n) is 6.32. The first-order valence-corrected chi connectivity index (χ1v) is 14.6. The van der Waals surface area contributed by atoms with Crippen molar-refractivity contribution in [3.8, 4) is 0 Å². The van der Waals surface area contributed by atoms with E-state index in [-0.39, 0.29) is 23.6 Å². The second kappa shape index (κ2) is 9.77. The van der Waals surface area contributed by atoms with Crippen molar-refractivity contribution in [1.82, 2.24) is 19.4 Å². The molecular weight excluding hydrogens is 557 g/mol. The molecule has 3 N–H and O–H groups in total. The lowest BCUT2D eigenvalue weighted by molar-refractivity contribution is -0.137. The molecule has 1 amide bonds. The van der Waals surface area contributed by atoms with Gasteiger partial charge in [-0.1, -0.05) is 36.4 Å². The minimum absolute atomic E-state index is 0.0779. The van der Waals surface area contributed by atoms with Crippen LogP contribution in [0.5, 0.6) is 0 Å². The van der Waals surface area contributed by atoms with Gasteiger partial charge in [-0.3, -0.25) is 9.52 Å². The lowest BCUT2D eigenvalue weighted by atomic mass is 10.0. The van der Waals surface area contributed by atoms with Gasteiger partial charge in [0.2, 0.25) is 26.0 Å². The van der Waals surface area contributed by atoms with Crippen LogP contribution in [0.1, 0.15) is 40.2 Å². The Hall–Kier alpha value is -3.75. The standard InChI is InChI=1S/C25H21F3N4O5S2/c26-25(27,28)17-9-11-18(12-10-17)38(34,35)31-21(24-29-19-3-1-2-4-20(19)30-24)13-15-5-7-16(8-6-15)22-14-23(33)32-39(22,36)37/h1-12,21-22,31H,13-14H2,(H,29,30)(H,32,33)/t21-,22?/m0/s1. The van der Waals surface area contributed by atoms with Crippen molar-refractivity contribution >= 4 is 37.0 Å². The van der Waals surface area contributed by atoms with E-state index in [4.69, 9.17) is 0 Å². The normalized spacial score (nSPS) is 18.2. The fraction of sp³-hybridized carbons (Fsp3) is 0.200. The summed E-state index contributed by atoms with van der Waals surface area (Å²) in [4.78, 5) is 18.8. The number of amides is 1. The molecule has 1 unspecified atom stereocenters. The Morgan fingerprint density at radius 3 is 2.26 bits per heavy atom. The Morgan fingerprint density at radius 1 is 1.00 bits per heavy atom. The number of fused-ring (bicyclic) bond motifs is 1. The molecule has 14 heteroatoms. The van der Waals surface area contributed by atoms with Crippen LogP contribution in [0.25, 0.3) is 11.0 Å². The van der Waals surface area contributed by atoms with Crippen LogP contribution < -0.4 is 9.44 Å². The number of aromatic amines is 1. The Balaban J connectivity index is 1.45. The van der Waals surface area contributed by atoms with E-state index in [1.807, 2.05) is 4.72 Å². The molecule has 4 aromatic rings. The number of nitrogens with zero attached hydrogens (tertiary/aromatic N) is 1. The Morgan fingerprint density at radius 2 is 1.67 bits per heavy atom.